The number of nitrogens with two attached hydrogens (primary N) is 1. The molecule has 0 heterocycles. The fourth-order valence-corrected chi connectivity index (χ4v) is 1.50. The molecule has 0 bridgehead atoms. The molecule has 0 atom stereocenters. The van der Waals surface area contributed by atoms with Crippen LogP contribution in [0.4, 0.5) is 5.69 Å². The SMILES string of the molecule is CN(CCC#N)c1ccc(/C=C(\C#N)C(N)=O)cc1. The zero-order valence-electron chi connectivity index (χ0n) is 10.6. The molecular formula is C14H14N4O. The minimum atomic E-state index is -0.738. The molecule has 5 nitrogen and oxygen atoms in total. The van der Waals surface area contributed by atoms with Gasteiger partial charge in [0.2, 0.25) is 0 Å². The Kier molecular flexibility index (Phi) is 5.13. The first-order valence-corrected chi connectivity index (χ1v) is 5.68. The number of anilines is 1. The van der Waals surface area contributed by atoms with Crippen LogP contribution in [0.25, 0.3) is 6.08 Å². The van der Waals surface area contributed by atoms with Gasteiger partial charge in [-0.3, -0.25) is 4.79 Å². The van der Waals surface area contributed by atoms with Gasteiger partial charge in [-0.05, 0) is 23.8 Å². The molecule has 1 amide bonds. The second kappa shape index (κ2) is 6.83. The van der Waals surface area contributed by atoms with Gasteiger partial charge in [-0.2, -0.15) is 10.5 Å². The zero-order valence-corrected chi connectivity index (χ0v) is 10.6. The van der Waals surface area contributed by atoms with E-state index in [9.17, 15) is 4.79 Å². The van der Waals surface area contributed by atoms with Gasteiger partial charge in [0.25, 0.3) is 5.91 Å². The van der Waals surface area contributed by atoms with Crippen LogP contribution < -0.4 is 10.6 Å². The molecule has 0 spiro atoms. The standard InChI is InChI=1S/C14H14N4O/c1-18(8-2-7-15)13-5-3-11(4-6-13)9-12(10-16)14(17)19/h3-6,9H,2,8H2,1H3,(H2,17,19)/b12-9+. The highest BCUT2D eigenvalue weighted by atomic mass is 16.1. The Morgan fingerprint density at radius 1 is 1.37 bits per heavy atom. The van der Waals surface area contributed by atoms with E-state index in [0.29, 0.717) is 13.0 Å². The Morgan fingerprint density at radius 3 is 2.47 bits per heavy atom. The zero-order chi connectivity index (χ0) is 14.3. The molecule has 96 valence electrons. The molecule has 0 aliphatic rings. The number of carbonyl (C=O) groups excluding carboxylic acids is 1. The van der Waals surface area contributed by atoms with E-state index in [0.717, 1.165) is 11.3 Å². The van der Waals surface area contributed by atoms with Crippen molar-refractivity contribution in [2.45, 2.75) is 6.42 Å². The Bertz CT molecular complexity index is 561. The third-order valence-electron chi connectivity index (χ3n) is 2.59. The molecule has 0 fully saturated rings. The third-order valence-corrected chi connectivity index (χ3v) is 2.59. The minimum Gasteiger partial charge on any atom is -0.374 e. The molecule has 0 aromatic heterocycles. The van der Waals surface area contributed by atoms with Crippen molar-refractivity contribution in [3.8, 4) is 12.1 Å². The Hall–Kier alpha value is -2.79. The lowest BCUT2D eigenvalue weighted by Crippen LogP contribution is -2.17. The average Bonchev–Trinajstić information content (AvgIpc) is 2.42. The summed E-state index contributed by atoms with van der Waals surface area (Å²) in [5.41, 5.74) is 6.67. The fraction of sp³-hybridized carbons (Fsp3) is 0.214. The summed E-state index contributed by atoms with van der Waals surface area (Å²) < 4.78 is 0. The van der Waals surface area contributed by atoms with Gasteiger partial charge < -0.3 is 10.6 Å². The van der Waals surface area contributed by atoms with E-state index < -0.39 is 5.91 Å². The number of amides is 1. The van der Waals surface area contributed by atoms with Crippen molar-refractivity contribution in [2.75, 3.05) is 18.5 Å². The first kappa shape index (κ1) is 14.3. The van der Waals surface area contributed by atoms with E-state index in [2.05, 4.69) is 6.07 Å². The first-order valence-electron chi connectivity index (χ1n) is 5.68. The summed E-state index contributed by atoms with van der Waals surface area (Å²) >= 11 is 0. The summed E-state index contributed by atoms with van der Waals surface area (Å²) in [6.07, 6.45) is 1.90. The lowest BCUT2D eigenvalue weighted by molar-refractivity contribution is -0.114. The van der Waals surface area contributed by atoms with E-state index in [1.54, 1.807) is 18.2 Å². The van der Waals surface area contributed by atoms with Crippen molar-refractivity contribution in [3.05, 3.63) is 35.4 Å². The van der Waals surface area contributed by atoms with Crippen LogP contribution in [0, 0.1) is 22.7 Å². The summed E-state index contributed by atoms with van der Waals surface area (Å²) in [6, 6.07) is 11.1. The number of primary amides is 1. The number of hydrogen-bond acceptors (Lipinski definition) is 4. The van der Waals surface area contributed by atoms with Gasteiger partial charge in [-0.25, -0.2) is 0 Å². The van der Waals surface area contributed by atoms with Crippen LogP contribution in [0.2, 0.25) is 0 Å². The lowest BCUT2D eigenvalue weighted by Gasteiger charge is -2.17. The monoisotopic (exact) mass is 254 g/mol. The summed E-state index contributed by atoms with van der Waals surface area (Å²) in [5.74, 6) is -0.738. The van der Waals surface area contributed by atoms with E-state index in [1.807, 2.05) is 24.1 Å². The largest absolute Gasteiger partial charge is 0.374 e. The van der Waals surface area contributed by atoms with Crippen molar-refractivity contribution in [1.29, 1.82) is 10.5 Å². The van der Waals surface area contributed by atoms with Crippen molar-refractivity contribution in [3.63, 3.8) is 0 Å². The molecule has 2 N–H and O–H groups in total. The summed E-state index contributed by atoms with van der Waals surface area (Å²) in [7, 11) is 1.90. The van der Waals surface area contributed by atoms with Gasteiger partial charge >= 0.3 is 0 Å². The number of carbonyl (C=O) groups is 1. The highest BCUT2D eigenvalue weighted by Crippen LogP contribution is 2.15. The number of nitrogens with zero attached hydrogens (tertiary/aromatic N) is 3. The van der Waals surface area contributed by atoms with E-state index in [4.69, 9.17) is 16.3 Å². The molecule has 0 aliphatic carbocycles. The first-order chi connectivity index (χ1) is 9.08. The second-order valence-electron chi connectivity index (χ2n) is 3.96. The van der Waals surface area contributed by atoms with Gasteiger partial charge in [0, 0.05) is 19.3 Å². The van der Waals surface area contributed by atoms with Gasteiger partial charge in [-0.1, -0.05) is 12.1 Å². The molecule has 0 saturated carbocycles. The maximum Gasteiger partial charge on any atom is 0.259 e. The molecule has 5 heteroatoms. The summed E-state index contributed by atoms with van der Waals surface area (Å²) in [6.45, 7) is 0.649. The lowest BCUT2D eigenvalue weighted by atomic mass is 10.1. The topological polar surface area (TPSA) is 93.9 Å². The van der Waals surface area contributed by atoms with Crippen LogP contribution in [0.1, 0.15) is 12.0 Å². The van der Waals surface area contributed by atoms with E-state index in [1.165, 1.54) is 6.08 Å². The smallest absolute Gasteiger partial charge is 0.259 e. The third kappa shape index (κ3) is 4.18. The number of hydrogen-bond donors (Lipinski definition) is 1. The van der Waals surface area contributed by atoms with Crippen LogP contribution in [0.15, 0.2) is 29.8 Å². The van der Waals surface area contributed by atoms with E-state index >= 15 is 0 Å². The highest BCUT2D eigenvalue weighted by Gasteiger charge is 2.04. The molecule has 0 unspecified atom stereocenters. The Morgan fingerprint density at radius 2 is 2.00 bits per heavy atom. The average molecular weight is 254 g/mol. The summed E-state index contributed by atoms with van der Waals surface area (Å²) in [5, 5.41) is 17.3. The molecule has 1 rings (SSSR count). The second-order valence-corrected chi connectivity index (χ2v) is 3.96. The molecule has 0 radical (unpaired) electrons. The summed E-state index contributed by atoms with van der Waals surface area (Å²) in [4.78, 5) is 12.9. The van der Waals surface area contributed by atoms with Crippen LogP contribution >= 0.6 is 0 Å². The van der Waals surface area contributed by atoms with Crippen molar-refractivity contribution >= 4 is 17.7 Å². The Balaban J connectivity index is 2.86. The van der Waals surface area contributed by atoms with Crippen molar-refractivity contribution in [1.82, 2.24) is 0 Å². The quantitative estimate of drug-likeness (QED) is 0.635. The van der Waals surface area contributed by atoms with Crippen molar-refractivity contribution in [2.24, 2.45) is 5.73 Å². The number of nitriles is 2. The number of rotatable bonds is 5. The maximum atomic E-state index is 10.9. The fourth-order valence-electron chi connectivity index (χ4n) is 1.50. The van der Waals surface area contributed by atoms with Gasteiger partial charge in [0.05, 0.1) is 12.5 Å². The molecule has 19 heavy (non-hydrogen) atoms. The van der Waals surface area contributed by atoms with E-state index in [-0.39, 0.29) is 5.57 Å². The van der Waals surface area contributed by atoms with Gasteiger partial charge in [0.1, 0.15) is 11.6 Å². The molecule has 0 aliphatic heterocycles. The highest BCUT2D eigenvalue weighted by molar-refractivity contribution is 6.00. The predicted octanol–water partition coefficient (Wildman–Crippen LogP) is 1.43. The predicted molar refractivity (Wildman–Crippen MR) is 72.7 cm³/mol. The van der Waals surface area contributed by atoms with Crippen molar-refractivity contribution < 1.29 is 4.79 Å². The minimum absolute atomic E-state index is 0.0782. The molecule has 1 aromatic carbocycles. The van der Waals surface area contributed by atoms with Crippen LogP contribution in [-0.2, 0) is 4.79 Å². The molecule has 0 saturated heterocycles. The maximum absolute atomic E-state index is 10.9. The van der Waals surface area contributed by atoms with Gasteiger partial charge in [0.15, 0.2) is 0 Å². The van der Waals surface area contributed by atoms with Crippen LogP contribution in [0.5, 0.6) is 0 Å². The van der Waals surface area contributed by atoms with Crippen LogP contribution in [0.3, 0.4) is 0 Å². The van der Waals surface area contributed by atoms with Gasteiger partial charge in [-0.15, -0.1) is 0 Å². The molecule has 1 aromatic rings. The van der Waals surface area contributed by atoms with Crippen LogP contribution in [-0.4, -0.2) is 19.5 Å². The number of benzene rings is 1. The Labute approximate surface area is 112 Å². The normalized spacial score (nSPS) is 10.4. The molecular weight excluding hydrogens is 240 g/mol.